The van der Waals surface area contributed by atoms with Crippen molar-refractivity contribution in [1.29, 1.82) is 0 Å². The number of hydrogen-bond acceptors (Lipinski definition) is 6. The number of hydrogen-bond donors (Lipinski definition) is 1. The second-order valence-electron chi connectivity index (χ2n) is 7.43. The summed E-state index contributed by atoms with van der Waals surface area (Å²) in [5, 5.41) is 2.56. The van der Waals surface area contributed by atoms with E-state index >= 15 is 0 Å². The number of benzene rings is 2. The van der Waals surface area contributed by atoms with Crippen LogP contribution in [0.15, 0.2) is 70.2 Å². The SMILES string of the molecule is O=C(COC(=O)c1ccc(Cl)c(S(=O)(=O)N2CCc3ccccc3C2)c1)NCc1ccco1. The summed E-state index contributed by atoms with van der Waals surface area (Å²) in [7, 11) is -3.95. The molecule has 0 unspecified atom stereocenters. The van der Waals surface area contributed by atoms with Gasteiger partial charge >= 0.3 is 5.97 Å². The minimum Gasteiger partial charge on any atom is -0.467 e. The quantitative estimate of drug-likeness (QED) is 0.512. The van der Waals surface area contributed by atoms with Crippen molar-refractivity contribution in [3.05, 3.63) is 88.3 Å². The van der Waals surface area contributed by atoms with Crippen molar-refractivity contribution in [2.24, 2.45) is 0 Å². The molecular weight excluding hydrogens is 468 g/mol. The van der Waals surface area contributed by atoms with E-state index in [1.54, 1.807) is 12.1 Å². The molecule has 2 heterocycles. The molecule has 0 saturated heterocycles. The van der Waals surface area contributed by atoms with E-state index in [1.807, 2.05) is 24.3 Å². The minimum absolute atomic E-state index is 0.00148. The lowest BCUT2D eigenvalue weighted by molar-refractivity contribution is -0.124. The standard InChI is InChI=1S/C23H21ClN2O6S/c24-20-8-7-17(23(28)32-15-22(27)25-13-19-6-3-11-31-19)12-21(20)33(29,30)26-10-9-16-4-1-2-5-18(16)14-26/h1-8,11-12H,9-10,13-15H2,(H,25,27). The number of sulfonamides is 1. The smallest absolute Gasteiger partial charge is 0.338 e. The van der Waals surface area contributed by atoms with E-state index in [1.165, 1.54) is 28.8 Å². The Bertz CT molecular complexity index is 1270. The number of esters is 1. The molecule has 0 spiro atoms. The van der Waals surface area contributed by atoms with Gasteiger partial charge < -0.3 is 14.5 Å². The molecule has 4 rings (SSSR count). The number of furan rings is 1. The van der Waals surface area contributed by atoms with Gasteiger partial charge in [0.25, 0.3) is 5.91 Å². The predicted molar refractivity (Wildman–Crippen MR) is 120 cm³/mol. The maximum absolute atomic E-state index is 13.3. The molecule has 1 amide bonds. The van der Waals surface area contributed by atoms with Crippen LogP contribution in [0.3, 0.4) is 0 Å². The van der Waals surface area contributed by atoms with E-state index in [0.717, 1.165) is 11.1 Å². The fourth-order valence-corrected chi connectivity index (χ4v) is 5.43. The summed E-state index contributed by atoms with van der Waals surface area (Å²) in [5.41, 5.74) is 2.02. The van der Waals surface area contributed by atoms with Gasteiger partial charge in [-0.05, 0) is 47.9 Å². The Hall–Kier alpha value is -3.14. The van der Waals surface area contributed by atoms with Crippen molar-refractivity contribution in [2.75, 3.05) is 13.2 Å². The van der Waals surface area contributed by atoms with Crippen molar-refractivity contribution < 1.29 is 27.2 Å². The second-order valence-corrected chi connectivity index (χ2v) is 9.75. The zero-order valence-corrected chi connectivity index (χ0v) is 19.1. The molecule has 1 aliphatic rings. The van der Waals surface area contributed by atoms with E-state index in [2.05, 4.69) is 5.32 Å². The molecule has 0 aliphatic carbocycles. The lowest BCUT2D eigenvalue weighted by Crippen LogP contribution is -2.36. The van der Waals surface area contributed by atoms with Crippen LogP contribution in [0.4, 0.5) is 0 Å². The monoisotopic (exact) mass is 488 g/mol. The van der Waals surface area contributed by atoms with Crippen LogP contribution < -0.4 is 5.32 Å². The number of halogens is 1. The number of nitrogens with zero attached hydrogens (tertiary/aromatic N) is 1. The zero-order chi connectivity index (χ0) is 23.4. The Morgan fingerprint density at radius 3 is 2.64 bits per heavy atom. The van der Waals surface area contributed by atoms with Crippen LogP contribution in [0.2, 0.25) is 5.02 Å². The molecule has 172 valence electrons. The van der Waals surface area contributed by atoms with Crippen LogP contribution in [0, 0.1) is 0 Å². The first-order chi connectivity index (χ1) is 15.8. The normalized spacial score (nSPS) is 13.8. The molecule has 1 N–H and O–H groups in total. The minimum atomic E-state index is -3.95. The average Bonchev–Trinajstić information content (AvgIpc) is 3.35. The lowest BCUT2D eigenvalue weighted by Gasteiger charge is -2.28. The third kappa shape index (κ3) is 5.27. The maximum Gasteiger partial charge on any atom is 0.338 e. The Kier molecular flexibility index (Phi) is 6.83. The van der Waals surface area contributed by atoms with Gasteiger partial charge in [-0.1, -0.05) is 35.9 Å². The maximum atomic E-state index is 13.3. The molecule has 10 heteroatoms. The van der Waals surface area contributed by atoms with Gasteiger partial charge in [-0.15, -0.1) is 0 Å². The Morgan fingerprint density at radius 2 is 1.88 bits per heavy atom. The van der Waals surface area contributed by atoms with Crippen LogP contribution in [0.5, 0.6) is 0 Å². The zero-order valence-electron chi connectivity index (χ0n) is 17.5. The molecule has 33 heavy (non-hydrogen) atoms. The number of nitrogens with one attached hydrogen (secondary N) is 1. The third-order valence-electron chi connectivity index (χ3n) is 5.25. The molecule has 1 aliphatic heterocycles. The van der Waals surface area contributed by atoms with Crippen molar-refractivity contribution in [3.63, 3.8) is 0 Å². The van der Waals surface area contributed by atoms with Crippen molar-refractivity contribution >= 4 is 33.5 Å². The Labute approximate surface area is 196 Å². The van der Waals surface area contributed by atoms with Gasteiger partial charge in [0.15, 0.2) is 6.61 Å². The molecule has 0 atom stereocenters. The number of fused-ring (bicyclic) bond motifs is 1. The van der Waals surface area contributed by atoms with E-state index in [0.29, 0.717) is 18.7 Å². The highest BCUT2D eigenvalue weighted by molar-refractivity contribution is 7.89. The largest absolute Gasteiger partial charge is 0.467 e. The van der Waals surface area contributed by atoms with Crippen LogP contribution in [0.1, 0.15) is 27.2 Å². The average molecular weight is 489 g/mol. The van der Waals surface area contributed by atoms with E-state index < -0.39 is 28.5 Å². The first-order valence-electron chi connectivity index (χ1n) is 10.2. The van der Waals surface area contributed by atoms with Crippen molar-refractivity contribution in [3.8, 4) is 0 Å². The first kappa shape index (κ1) is 23.0. The van der Waals surface area contributed by atoms with Crippen LogP contribution in [0.25, 0.3) is 0 Å². The fourth-order valence-electron chi connectivity index (χ4n) is 3.51. The van der Waals surface area contributed by atoms with Gasteiger partial charge in [-0.2, -0.15) is 4.31 Å². The van der Waals surface area contributed by atoms with Gasteiger partial charge in [0.05, 0.1) is 23.4 Å². The molecule has 3 aromatic rings. The molecule has 0 fully saturated rings. The predicted octanol–water partition coefficient (Wildman–Crippen LogP) is 3.15. The summed E-state index contributed by atoms with van der Waals surface area (Å²) >= 11 is 6.19. The molecule has 0 saturated carbocycles. The number of amides is 1. The van der Waals surface area contributed by atoms with Crippen molar-refractivity contribution in [1.82, 2.24) is 9.62 Å². The molecule has 1 aromatic heterocycles. The summed E-state index contributed by atoms with van der Waals surface area (Å²) in [5.74, 6) is -0.795. The van der Waals surface area contributed by atoms with Gasteiger partial charge in [-0.3, -0.25) is 4.79 Å². The first-order valence-corrected chi connectivity index (χ1v) is 12.0. The van der Waals surface area contributed by atoms with Crippen molar-refractivity contribution in [2.45, 2.75) is 24.4 Å². The number of rotatable bonds is 7. The van der Waals surface area contributed by atoms with Gasteiger partial charge in [-0.25, -0.2) is 13.2 Å². The highest BCUT2D eigenvalue weighted by Crippen LogP contribution is 2.30. The van der Waals surface area contributed by atoms with Crippen LogP contribution in [-0.2, 0) is 39.1 Å². The highest BCUT2D eigenvalue weighted by atomic mass is 35.5. The van der Waals surface area contributed by atoms with E-state index in [4.69, 9.17) is 20.8 Å². The fraction of sp³-hybridized carbons (Fsp3) is 0.217. The van der Waals surface area contributed by atoms with Crippen LogP contribution in [-0.4, -0.2) is 37.8 Å². The van der Waals surface area contributed by atoms with Gasteiger partial charge in [0.2, 0.25) is 10.0 Å². The Morgan fingerprint density at radius 1 is 1.09 bits per heavy atom. The lowest BCUT2D eigenvalue weighted by atomic mass is 10.0. The summed E-state index contributed by atoms with van der Waals surface area (Å²) in [6, 6.07) is 14.9. The summed E-state index contributed by atoms with van der Waals surface area (Å²) in [6.07, 6.45) is 2.07. The second kappa shape index (κ2) is 9.78. The summed E-state index contributed by atoms with van der Waals surface area (Å²) in [4.78, 5) is 24.2. The van der Waals surface area contributed by atoms with E-state index in [9.17, 15) is 18.0 Å². The van der Waals surface area contributed by atoms with Gasteiger partial charge in [0, 0.05) is 13.1 Å². The topological polar surface area (TPSA) is 106 Å². The number of ether oxygens (including phenoxy) is 1. The summed E-state index contributed by atoms with van der Waals surface area (Å²) in [6.45, 7) is 0.165. The number of carbonyl (C=O) groups excluding carboxylic acids is 2. The van der Waals surface area contributed by atoms with Crippen LogP contribution >= 0.6 is 11.6 Å². The molecule has 0 bridgehead atoms. The van der Waals surface area contributed by atoms with E-state index in [-0.39, 0.29) is 28.6 Å². The number of carbonyl (C=O) groups is 2. The Balaban J connectivity index is 1.43. The third-order valence-corrected chi connectivity index (χ3v) is 7.58. The molecule has 8 nitrogen and oxygen atoms in total. The highest BCUT2D eigenvalue weighted by Gasteiger charge is 2.30. The molecule has 2 aromatic carbocycles. The molecular formula is C23H21ClN2O6S. The summed E-state index contributed by atoms with van der Waals surface area (Å²) < 4.78 is 38.0. The molecule has 0 radical (unpaired) electrons. The van der Waals surface area contributed by atoms with Gasteiger partial charge in [0.1, 0.15) is 10.7 Å².